The van der Waals surface area contributed by atoms with Crippen molar-refractivity contribution >= 4 is 60.9 Å². The van der Waals surface area contributed by atoms with Gasteiger partial charge in [-0.05, 0) is 81.4 Å². The summed E-state index contributed by atoms with van der Waals surface area (Å²) in [5.41, 5.74) is 15.6. The van der Waals surface area contributed by atoms with Crippen LogP contribution in [0, 0.1) is 0 Å². The van der Waals surface area contributed by atoms with Crippen molar-refractivity contribution in [3.8, 4) is 44.5 Å². The monoisotopic (exact) mass is 729 g/mol. The van der Waals surface area contributed by atoms with Crippen LogP contribution in [0.1, 0.15) is 0 Å². The zero-order chi connectivity index (χ0) is 37.7. The van der Waals surface area contributed by atoms with E-state index in [0.717, 1.165) is 88.8 Å². The van der Waals surface area contributed by atoms with Crippen molar-refractivity contribution in [2.24, 2.45) is 0 Å². The number of benzene rings is 9. The fraction of sp³-hybridized carbons (Fsp3) is 0. The first kappa shape index (κ1) is 32.8. The molecule has 9 aromatic carbocycles. The Morgan fingerprint density at radius 1 is 0.281 bits per heavy atom. The molecule has 0 aliphatic rings. The summed E-state index contributed by atoms with van der Waals surface area (Å²) in [6.07, 6.45) is 0. The molecule has 0 N–H and O–H groups in total. The van der Waals surface area contributed by atoms with Gasteiger partial charge in [0.1, 0.15) is 16.7 Å². The Balaban J connectivity index is 1.10. The van der Waals surface area contributed by atoms with E-state index < -0.39 is 0 Å². The standard InChI is InChI=1S/C54H35NO2/c1-3-13-36(14-4-1)37-25-27-38(28-26-37)39-29-31-41(32-30-39)55(50-22-12-21-47-45-18-8-10-24-52(45)57-54(47)50)42-33-34-43(40-15-5-2-6-16-40)49(35-42)48-20-11-19-46-44-17-7-9-23-51(44)56-53(46)48/h1-35H. The van der Waals surface area contributed by atoms with Gasteiger partial charge in [0.2, 0.25) is 0 Å². The molecule has 0 aliphatic heterocycles. The van der Waals surface area contributed by atoms with Crippen LogP contribution in [-0.4, -0.2) is 0 Å². The van der Waals surface area contributed by atoms with Crippen LogP contribution in [0.5, 0.6) is 0 Å². The Morgan fingerprint density at radius 3 is 1.40 bits per heavy atom. The van der Waals surface area contributed by atoms with E-state index in [4.69, 9.17) is 8.83 Å². The van der Waals surface area contributed by atoms with Crippen LogP contribution in [0.25, 0.3) is 88.4 Å². The zero-order valence-electron chi connectivity index (χ0n) is 31.0. The van der Waals surface area contributed by atoms with E-state index in [0.29, 0.717) is 0 Å². The lowest BCUT2D eigenvalue weighted by Crippen LogP contribution is -2.10. The summed E-state index contributed by atoms with van der Waals surface area (Å²) in [6, 6.07) is 75.0. The highest BCUT2D eigenvalue weighted by atomic mass is 16.3. The fourth-order valence-electron chi connectivity index (χ4n) is 8.35. The number of nitrogens with zero attached hydrogens (tertiary/aromatic N) is 1. The summed E-state index contributed by atoms with van der Waals surface area (Å²) in [5, 5.41) is 4.39. The summed E-state index contributed by atoms with van der Waals surface area (Å²) < 4.78 is 13.3. The third kappa shape index (κ3) is 5.68. The molecule has 0 aliphatic carbocycles. The minimum atomic E-state index is 0.840. The molecular weight excluding hydrogens is 695 g/mol. The van der Waals surface area contributed by atoms with E-state index in [1.54, 1.807) is 0 Å². The van der Waals surface area contributed by atoms with Gasteiger partial charge >= 0.3 is 0 Å². The quantitative estimate of drug-likeness (QED) is 0.164. The summed E-state index contributed by atoms with van der Waals surface area (Å²) in [4.78, 5) is 2.32. The SMILES string of the molecule is c1ccc(-c2ccc(-c3ccc(N(c4ccc(-c5ccccc5)c(-c5cccc6c5oc5ccccc56)c4)c4cccc5c4oc4ccccc45)cc3)cc2)cc1. The second-order valence-electron chi connectivity index (χ2n) is 14.5. The predicted octanol–water partition coefficient (Wildman–Crippen LogP) is 15.6. The number of para-hydroxylation sites is 4. The maximum atomic E-state index is 6.69. The maximum Gasteiger partial charge on any atom is 0.159 e. The molecule has 57 heavy (non-hydrogen) atoms. The van der Waals surface area contributed by atoms with Crippen LogP contribution in [0.3, 0.4) is 0 Å². The van der Waals surface area contributed by atoms with Crippen LogP contribution >= 0.6 is 0 Å². The number of hydrogen-bond acceptors (Lipinski definition) is 3. The van der Waals surface area contributed by atoms with Crippen LogP contribution in [0.2, 0.25) is 0 Å². The lowest BCUT2D eigenvalue weighted by Gasteiger charge is -2.27. The van der Waals surface area contributed by atoms with Crippen molar-refractivity contribution < 1.29 is 8.83 Å². The van der Waals surface area contributed by atoms with Crippen molar-refractivity contribution in [1.82, 2.24) is 0 Å². The van der Waals surface area contributed by atoms with E-state index >= 15 is 0 Å². The molecule has 3 heteroatoms. The van der Waals surface area contributed by atoms with E-state index in [1.807, 2.05) is 24.3 Å². The molecule has 268 valence electrons. The van der Waals surface area contributed by atoms with Gasteiger partial charge < -0.3 is 13.7 Å². The highest BCUT2D eigenvalue weighted by Crippen LogP contribution is 2.46. The van der Waals surface area contributed by atoms with Crippen LogP contribution in [0.4, 0.5) is 17.1 Å². The van der Waals surface area contributed by atoms with Gasteiger partial charge in [0, 0.05) is 38.5 Å². The van der Waals surface area contributed by atoms with Crippen molar-refractivity contribution in [1.29, 1.82) is 0 Å². The van der Waals surface area contributed by atoms with Crippen LogP contribution in [-0.2, 0) is 0 Å². The normalized spacial score (nSPS) is 11.5. The predicted molar refractivity (Wildman–Crippen MR) is 237 cm³/mol. The molecule has 0 spiro atoms. The van der Waals surface area contributed by atoms with Gasteiger partial charge in [0.05, 0.1) is 5.69 Å². The van der Waals surface area contributed by atoms with Gasteiger partial charge in [-0.3, -0.25) is 0 Å². The summed E-state index contributed by atoms with van der Waals surface area (Å²) in [5.74, 6) is 0. The molecule has 0 saturated heterocycles. The lowest BCUT2D eigenvalue weighted by atomic mass is 9.92. The summed E-state index contributed by atoms with van der Waals surface area (Å²) in [7, 11) is 0. The highest BCUT2D eigenvalue weighted by molar-refractivity contribution is 6.12. The second-order valence-corrected chi connectivity index (χ2v) is 14.5. The van der Waals surface area contributed by atoms with Gasteiger partial charge in [-0.1, -0.05) is 170 Å². The minimum Gasteiger partial charge on any atom is -0.455 e. The average Bonchev–Trinajstić information content (AvgIpc) is 3.87. The first-order chi connectivity index (χ1) is 28.3. The van der Waals surface area contributed by atoms with E-state index in [9.17, 15) is 0 Å². The molecule has 0 amide bonds. The topological polar surface area (TPSA) is 29.5 Å². The third-order valence-electron chi connectivity index (χ3n) is 11.1. The summed E-state index contributed by atoms with van der Waals surface area (Å²) >= 11 is 0. The Morgan fingerprint density at radius 2 is 0.754 bits per heavy atom. The zero-order valence-corrected chi connectivity index (χ0v) is 31.0. The Kier molecular flexibility index (Phi) is 7.82. The van der Waals surface area contributed by atoms with Gasteiger partial charge in [-0.15, -0.1) is 0 Å². The molecule has 11 rings (SSSR count). The molecule has 11 aromatic rings. The number of anilines is 3. The second kappa shape index (κ2) is 13.6. The Bertz CT molecular complexity index is 3210. The molecule has 0 saturated carbocycles. The fourth-order valence-corrected chi connectivity index (χ4v) is 8.35. The smallest absolute Gasteiger partial charge is 0.159 e. The number of hydrogen-bond donors (Lipinski definition) is 0. The van der Waals surface area contributed by atoms with Gasteiger partial charge in [-0.25, -0.2) is 0 Å². The van der Waals surface area contributed by atoms with E-state index in [-0.39, 0.29) is 0 Å². The lowest BCUT2D eigenvalue weighted by molar-refractivity contribution is 0.669. The molecule has 0 bridgehead atoms. The Hall–Kier alpha value is -7.62. The first-order valence-electron chi connectivity index (χ1n) is 19.3. The number of fused-ring (bicyclic) bond motifs is 6. The molecule has 0 radical (unpaired) electrons. The van der Waals surface area contributed by atoms with Gasteiger partial charge in [0.15, 0.2) is 5.58 Å². The van der Waals surface area contributed by atoms with Crippen molar-refractivity contribution in [3.05, 3.63) is 212 Å². The van der Waals surface area contributed by atoms with Gasteiger partial charge in [-0.2, -0.15) is 0 Å². The van der Waals surface area contributed by atoms with Crippen molar-refractivity contribution in [2.45, 2.75) is 0 Å². The molecular formula is C54H35NO2. The van der Waals surface area contributed by atoms with Crippen molar-refractivity contribution in [2.75, 3.05) is 4.90 Å². The maximum absolute atomic E-state index is 6.69. The molecule has 0 fully saturated rings. The molecule has 2 aromatic heterocycles. The summed E-state index contributed by atoms with van der Waals surface area (Å²) in [6.45, 7) is 0. The van der Waals surface area contributed by atoms with Crippen molar-refractivity contribution in [3.63, 3.8) is 0 Å². The van der Waals surface area contributed by atoms with Gasteiger partial charge in [0.25, 0.3) is 0 Å². The minimum absolute atomic E-state index is 0.840. The Labute approximate surface area is 330 Å². The average molecular weight is 730 g/mol. The molecule has 3 nitrogen and oxygen atoms in total. The third-order valence-corrected chi connectivity index (χ3v) is 11.1. The number of rotatable bonds is 7. The largest absolute Gasteiger partial charge is 0.455 e. The number of furan rings is 2. The molecule has 0 atom stereocenters. The van der Waals surface area contributed by atoms with Crippen LogP contribution < -0.4 is 4.90 Å². The van der Waals surface area contributed by atoms with E-state index in [2.05, 4.69) is 193 Å². The first-order valence-corrected chi connectivity index (χ1v) is 19.3. The molecule has 0 unspecified atom stereocenters. The van der Waals surface area contributed by atoms with E-state index in [1.165, 1.54) is 16.7 Å². The van der Waals surface area contributed by atoms with Crippen LogP contribution in [0.15, 0.2) is 221 Å². The molecule has 2 heterocycles. The highest BCUT2D eigenvalue weighted by Gasteiger charge is 2.22.